The van der Waals surface area contributed by atoms with Crippen molar-refractivity contribution in [2.45, 2.75) is 37.2 Å². The number of amides is 1. The summed E-state index contributed by atoms with van der Waals surface area (Å²) in [4.78, 5) is 37.1. The van der Waals surface area contributed by atoms with Gasteiger partial charge in [-0.3, -0.25) is 14.2 Å². The van der Waals surface area contributed by atoms with E-state index in [1.54, 1.807) is 0 Å². The number of hydrogen-bond acceptors (Lipinski definition) is 7. The Hall–Kier alpha value is -2.44. The Labute approximate surface area is 138 Å². The number of ether oxygens (including phenoxy) is 1. The van der Waals surface area contributed by atoms with Crippen molar-refractivity contribution in [3.8, 4) is 0 Å². The Balaban J connectivity index is 2.16. The van der Waals surface area contributed by atoms with Crippen LogP contribution in [0.25, 0.3) is 0 Å². The zero-order valence-corrected chi connectivity index (χ0v) is 12.6. The molecule has 4 N–H and O–H groups in total. The number of aliphatic hydroxyl groups excluding tert-OH is 2. The number of carboxylic acid groups (broad SMARTS) is 1. The van der Waals surface area contributed by atoms with Crippen LogP contribution in [-0.4, -0.2) is 61.5 Å². The van der Waals surface area contributed by atoms with Crippen LogP contribution >= 0.6 is 0 Å². The van der Waals surface area contributed by atoms with Crippen molar-refractivity contribution in [1.29, 1.82) is 0 Å². The third kappa shape index (κ3) is 3.97. The quantitative estimate of drug-likeness (QED) is 0.499. The van der Waals surface area contributed by atoms with Crippen molar-refractivity contribution < 1.29 is 38.4 Å². The Kier molecular flexibility index (Phi) is 5.45. The number of rotatable bonds is 6. The summed E-state index contributed by atoms with van der Waals surface area (Å²) < 4.78 is 33.2. The summed E-state index contributed by atoms with van der Waals surface area (Å²) in [5, 5.41) is 29.0. The van der Waals surface area contributed by atoms with Crippen LogP contribution < -0.4 is 11.0 Å². The highest BCUT2D eigenvalue weighted by molar-refractivity contribution is 5.91. The van der Waals surface area contributed by atoms with E-state index in [-0.39, 0.29) is 12.2 Å². The Morgan fingerprint density at radius 1 is 1.40 bits per heavy atom. The molecule has 1 fully saturated rings. The average molecular weight is 363 g/mol. The molecule has 0 aliphatic carbocycles. The summed E-state index contributed by atoms with van der Waals surface area (Å²) in [7, 11) is 0. The van der Waals surface area contributed by atoms with Gasteiger partial charge >= 0.3 is 17.6 Å². The summed E-state index contributed by atoms with van der Waals surface area (Å²) >= 11 is 0. The third-order valence-corrected chi connectivity index (χ3v) is 3.48. The minimum atomic E-state index is -3.84. The number of alkyl halides is 2. The second-order valence-electron chi connectivity index (χ2n) is 5.27. The predicted molar refractivity (Wildman–Crippen MR) is 75.9 cm³/mol. The van der Waals surface area contributed by atoms with Crippen LogP contribution in [0.3, 0.4) is 0 Å². The number of nitrogens with zero attached hydrogens (tertiary/aromatic N) is 2. The van der Waals surface area contributed by atoms with Gasteiger partial charge in [-0.05, 0) is 6.07 Å². The molecule has 0 saturated carbocycles. The molecule has 0 spiro atoms. The molecule has 0 aromatic carbocycles. The lowest BCUT2D eigenvalue weighted by molar-refractivity contribution is -0.141. The Morgan fingerprint density at radius 2 is 2.08 bits per heavy atom. The SMILES string of the molecule is O=C(O)CCC(=O)Nc1ccn([C@@H]2O[C@H](CO)[C@@H](O)C2(F)F)c(=O)n1. The minimum absolute atomic E-state index is 0.253. The summed E-state index contributed by atoms with van der Waals surface area (Å²) in [5.41, 5.74) is -1.19. The first-order valence-electron chi connectivity index (χ1n) is 7.10. The van der Waals surface area contributed by atoms with Gasteiger partial charge in [-0.15, -0.1) is 0 Å². The summed E-state index contributed by atoms with van der Waals surface area (Å²) in [6.07, 6.45) is -5.93. The van der Waals surface area contributed by atoms with Crippen molar-refractivity contribution in [2.75, 3.05) is 11.9 Å². The molecule has 138 valence electrons. The van der Waals surface area contributed by atoms with Crippen molar-refractivity contribution in [3.05, 3.63) is 22.7 Å². The van der Waals surface area contributed by atoms with Crippen LogP contribution in [0, 0.1) is 0 Å². The van der Waals surface area contributed by atoms with Gasteiger partial charge in [0.1, 0.15) is 11.9 Å². The molecule has 1 aliphatic rings. The summed E-state index contributed by atoms with van der Waals surface area (Å²) in [6.45, 7) is -0.868. The molecule has 3 atom stereocenters. The Bertz CT molecular complexity index is 724. The van der Waals surface area contributed by atoms with Gasteiger partial charge in [0.05, 0.1) is 13.0 Å². The number of carboxylic acids is 1. The molecule has 1 aromatic heterocycles. The zero-order chi connectivity index (χ0) is 18.8. The number of anilines is 1. The highest BCUT2D eigenvalue weighted by Gasteiger charge is 2.59. The molecule has 0 unspecified atom stereocenters. The van der Waals surface area contributed by atoms with Gasteiger partial charge in [0.15, 0.2) is 6.10 Å². The number of hydrogen-bond donors (Lipinski definition) is 4. The van der Waals surface area contributed by atoms with Crippen molar-refractivity contribution in [2.24, 2.45) is 0 Å². The lowest BCUT2D eigenvalue weighted by Crippen LogP contribution is -2.41. The molecule has 0 radical (unpaired) electrons. The smallest absolute Gasteiger partial charge is 0.351 e. The number of halogens is 2. The maximum Gasteiger partial charge on any atom is 0.351 e. The molecule has 12 heteroatoms. The van der Waals surface area contributed by atoms with Gasteiger partial charge in [-0.25, -0.2) is 4.79 Å². The van der Waals surface area contributed by atoms with E-state index in [0.717, 1.165) is 12.3 Å². The largest absolute Gasteiger partial charge is 0.481 e. The highest BCUT2D eigenvalue weighted by atomic mass is 19.3. The van der Waals surface area contributed by atoms with Gasteiger partial charge in [-0.2, -0.15) is 13.8 Å². The molecule has 2 heterocycles. The maximum absolute atomic E-state index is 14.0. The third-order valence-electron chi connectivity index (χ3n) is 3.48. The monoisotopic (exact) mass is 363 g/mol. The summed E-state index contributed by atoms with van der Waals surface area (Å²) in [5.74, 6) is -6.00. The molecule has 1 aromatic rings. The molecule has 1 aliphatic heterocycles. The normalized spacial score (nSPS) is 24.9. The highest BCUT2D eigenvalue weighted by Crippen LogP contribution is 2.41. The van der Waals surface area contributed by atoms with Gasteiger partial charge in [0.2, 0.25) is 12.1 Å². The van der Waals surface area contributed by atoms with Gasteiger partial charge in [-0.1, -0.05) is 0 Å². The topological polar surface area (TPSA) is 151 Å². The van der Waals surface area contributed by atoms with Crippen LogP contribution in [0.4, 0.5) is 14.6 Å². The lowest BCUT2D eigenvalue weighted by Gasteiger charge is -2.21. The first kappa shape index (κ1) is 18.9. The first-order valence-corrected chi connectivity index (χ1v) is 7.10. The molecule has 1 amide bonds. The van der Waals surface area contributed by atoms with E-state index in [1.165, 1.54) is 0 Å². The fourth-order valence-corrected chi connectivity index (χ4v) is 2.21. The average Bonchev–Trinajstić information content (AvgIpc) is 2.76. The van der Waals surface area contributed by atoms with Gasteiger partial charge < -0.3 is 25.4 Å². The number of carbonyl (C=O) groups excluding carboxylic acids is 1. The minimum Gasteiger partial charge on any atom is -0.481 e. The fraction of sp³-hybridized carbons (Fsp3) is 0.538. The number of aliphatic carboxylic acids is 1. The maximum atomic E-state index is 14.0. The second kappa shape index (κ2) is 7.21. The number of aromatic nitrogens is 2. The molecular weight excluding hydrogens is 348 g/mol. The number of aliphatic hydroxyl groups is 2. The molecule has 10 nitrogen and oxygen atoms in total. The first-order chi connectivity index (χ1) is 11.7. The molecule has 2 rings (SSSR count). The van der Waals surface area contributed by atoms with Crippen LogP contribution in [-0.2, 0) is 14.3 Å². The van der Waals surface area contributed by atoms with E-state index in [1.807, 2.05) is 0 Å². The van der Waals surface area contributed by atoms with Crippen LogP contribution in [0.15, 0.2) is 17.1 Å². The lowest BCUT2D eigenvalue weighted by atomic mass is 10.1. The van der Waals surface area contributed by atoms with Crippen molar-refractivity contribution in [1.82, 2.24) is 9.55 Å². The number of carbonyl (C=O) groups is 2. The standard InChI is InChI=1S/C13H15F2N3O7/c14-13(15)10(23)6(5-19)25-11(13)18-4-3-7(17-12(18)24)16-8(20)1-2-9(21)22/h3-4,6,10-11,19,23H,1-2,5H2,(H,21,22)(H,16,17,20,24)/t6-,10-,11-/m1/s1. The van der Waals surface area contributed by atoms with E-state index in [2.05, 4.69) is 10.3 Å². The fourth-order valence-electron chi connectivity index (χ4n) is 2.21. The van der Waals surface area contributed by atoms with Crippen molar-refractivity contribution in [3.63, 3.8) is 0 Å². The van der Waals surface area contributed by atoms with Crippen LogP contribution in [0.5, 0.6) is 0 Å². The predicted octanol–water partition coefficient (Wildman–Crippen LogP) is -1.07. The molecule has 1 saturated heterocycles. The zero-order valence-electron chi connectivity index (χ0n) is 12.6. The van der Waals surface area contributed by atoms with Crippen LogP contribution in [0.1, 0.15) is 19.1 Å². The molecular formula is C13H15F2N3O7. The number of nitrogens with one attached hydrogen (secondary N) is 1. The van der Waals surface area contributed by atoms with E-state index < -0.39 is 55.0 Å². The van der Waals surface area contributed by atoms with E-state index in [9.17, 15) is 28.3 Å². The van der Waals surface area contributed by atoms with Gasteiger partial charge in [0, 0.05) is 12.6 Å². The van der Waals surface area contributed by atoms with Gasteiger partial charge in [0.25, 0.3) is 0 Å². The summed E-state index contributed by atoms with van der Waals surface area (Å²) in [6, 6.07) is 1.04. The van der Waals surface area contributed by atoms with E-state index in [4.69, 9.17) is 14.9 Å². The van der Waals surface area contributed by atoms with Crippen molar-refractivity contribution >= 4 is 17.7 Å². The van der Waals surface area contributed by atoms with E-state index >= 15 is 0 Å². The van der Waals surface area contributed by atoms with E-state index in [0.29, 0.717) is 4.57 Å². The molecule has 25 heavy (non-hydrogen) atoms. The Morgan fingerprint density at radius 3 is 2.60 bits per heavy atom. The molecule has 0 bridgehead atoms. The second-order valence-corrected chi connectivity index (χ2v) is 5.27. The van der Waals surface area contributed by atoms with Crippen LogP contribution in [0.2, 0.25) is 0 Å².